The summed E-state index contributed by atoms with van der Waals surface area (Å²) in [6.07, 6.45) is 3.48. The van der Waals surface area contributed by atoms with Crippen LogP contribution in [-0.2, 0) is 4.79 Å². The van der Waals surface area contributed by atoms with Gasteiger partial charge in [0.15, 0.2) is 5.84 Å². The summed E-state index contributed by atoms with van der Waals surface area (Å²) < 4.78 is 0. The van der Waals surface area contributed by atoms with E-state index >= 15 is 0 Å². The number of nitrogens with two attached hydrogens (primary N) is 1. The minimum atomic E-state index is -0.796. The van der Waals surface area contributed by atoms with Crippen molar-refractivity contribution in [1.82, 2.24) is 10.2 Å². The SMILES string of the molecule is CC1CC(C(=O)NCC2(C)CCN(C)CC2)(C(N)=NO)C1. The van der Waals surface area contributed by atoms with Gasteiger partial charge in [-0.25, -0.2) is 0 Å². The smallest absolute Gasteiger partial charge is 0.233 e. The molecule has 1 amide bonds. The molecule has 4 N–H and O–H groups in total. The molecular weight excluding hydrogens is 268 g/mol. The average Bonchev–Trinajstić information content (AvgIpc) is 2.44. The fourth-order valence-corrected chi connectivity index (χ4v) is 3.53. The predicted molar refractivity (Wildman–Crippen MR) is 82.1 cm³/mol. The third-order valence-corrected chi connectivity index (χ3v) is 5.30. The Balaban J connectivity index is 1.94. The highest BCUT2D eigenvalue weighted by atomic mass is 16.4. The molecule has 0 aromatic heterocycles. The molecule has 6 nitrogen and oxygen atoms in total. The Hall–Kier alpha value is -1.30. The summed E-state index contributed by atoms with van der Waals surface area (Å²) in [5.41, 5.74) is 5.12. The summed E-state index contributed by atoms with van der Waals surface area (Å²) in [6, 6.07) is 0. The lowest BCUT2D eigenvalue weighted by molar-refractivity contribution is -0.133. The van der Waals surface area contributed by atoms with Gasteiger partial charge >= 0.3 is 0 Å². The van der Waals surface area contributed by atoms with Crippen molar-refractivity contribution in [2.75, 3.05) is 26.7 Å². The molecule has 0 bridgehead atoms. The maximum atomic E-state index is 12.5. The minimum absolute atomic E-state index is 0.0478. The largest absolute Gasteiger partial charge is 0.409 e. The van der Waals surface area contributed by atoms with Gasteiger partial charge in [-0.05, 0) is 57.2 Å². The van der Waals surface area contributed by atoms with Gasteiger partial charge in [0.2, 0.25) is 5.91 Å². The third-order valence-electron chi connectivity index (χ3n) is 5.30. The number of nitrogens with zero attached hydrogens (tertiary/aromatic N) is 2. The van der Waals surface area contributed by atoms with E-state index in [1.165, 1.54) is 0 Å². The summed E-state index contributed by atoms with van der Waals surface area (Å²) in [6.45, 7) is 7.09. The lowest BCUT2D eigenvalue weighted by Gasteiger charge is -2.45. The number of likely N-dealkylation sites (tertiary alicyclic amines) is 1. The van der Waals surface area contributed by atoms with E-state index in [0.29, 0.717) is 25.3 Å². The molecule has 1 heterocycles. The van der Waals surface area contributed by atoms with E-state index in [1.807, 2.05) is 0 Å². The summed E-state index contributed by atoms with van der Waals surface area (Å²) in [7, 11) is 2.13. The van der Waals surface area contributed by atoms with Crippen LogP contribution in [-0.4, -0.2) is 48.5 Å². The second-order valence-electron chi connectivity index (χ2n) is 7.38. The molecule has 6 heteroatoms. The number of rotatable bonds is 4. The molecule has 0 aromatic rings. The Morgan fingerprint density at radius 3 is 2.48 bits per heavy atom. The monoisotopic (exact) mass is 296 g/mol. The van der Waals surface area contributed by atoms with Gasteiger partial charge < -0.3 is 21.2 Å². The average molecular weight is 296 g/mol. The first kappa shape index (κ1) is 16.1. The number of piperidine rings is 1. The quantitative estimate of drug-likeness (QED) is 0.312. The second-order valence-corrected chi connectivity index (χ2v) is 7.38. The van der Waals surface area contributed by atoms with Crippen LogP contribution >= 0.6 is 0 Å². The van der Waals surface area contributed by atoms with Crippen molar-refractivity contribution in [3.8, 4) is 0 Å². The zero-order chi connectivity index (χ0) is 15.7. The van der Waals surface area contributed by atoms with Gasteiger partial charge in [0.25, 0.3) is 0 Å². The first-order valence-electron chi connectivity index (χ1n) is 7.76. The van der Waals surface area contributed by atoms with Crippen LogP contribution in [0.1, 0.15) is 39.5 Å². The van der Waals surface area contributed by atoms with Gasteiger partial charge in [-0.1, -0.05) is 19.0 Å². The Labute approximate surface area is 126 Å². The van der Waals surface area contributed by atoms with Crippen LogP contribution in [0.4, 0.5) is 0 Å². The lowest BCUT2D eigenvalue weighted by atomic mass is 9.61. The van der Waals surface area contributed by atoms with E-state index in [4.69, 9.17) is 10.9 Å². The topological polar surface area (TPSA) is 91.0 Å². The van der Waals surface area contributed by atoms with Crippen molar-refractivity contribution in [3.63, 3.8) is 0 Å². The number of nitrogens with one attached hydrogen (secondary N) is 1. The zero-order valence-electron chi connectivity index (χ0n) is 13.4. The summed E-state index contributed by atoms with van der Waals surface area (Å²) in [5, 5.41) is 15.1. The number of oxime groups is 1. The Kier molecular flexibility index (Phi) is 4.46. The molecule has 1 saturated heterocycles. The Morgan fingerprint density at radius 1 is 1.43 bits per heavy atom. The fraction of sp³-hybridized carbons (Fsp3) is 0.867. The number of amidine groups is 1. The molecule has 0 atom stereocenters. The summed E-state index contributed by atoms with van der Waals surface area (Å²) in [5.74, 6) is 0.401. The number of amides is 1. The molecule has 21 heavy (non-hydrogen) atoms. The molecule has 0 unspecified atom stereocenters. The molecule has 1 aliphatic heterocycles. The van der Waals surface area contributed by atoms with Gasteiger partial charge in [0, 0.05) is 6.54 Å². The van der Waals surface area contributed by atoms with Crippen molar-refractivity contribution < 1.29 is 10.0 Å². The Morgan fingerprint density at radius 2 is 2.00 bits per heavy atom. The van der Waals surface area contributed by atoms with E-state index in [-0.39, 0.29) is 17.2 Å². The molecular formula is C15H28N4O2. The number of hydrogen-bond acceptors (Lipinski definition) is 4. The molecule has 2 fully saturated rings. The first-order valence-corrected chi connectivity index (χ1v) is 7.76. The van der Waals surface area contributed by atoms with Gasteiger partial charge in [-0.15, -0.1) is 0 Å². The van der Waals surface area contributed by atoms with E-state index < -0.39 is 5.41 Å². The van der Waals surface area contributed by atoms with Crippen molar-refractivity contribution in [2.24, 2.45) is 27.6 Å². The van der Waals surface area contributed by atoms with Gasteiger partial charge in [-0.3, -0.25) is 4.79 Å². The minimum Gasteiger partial charge on any atom is -0.409 e. The molecule has 2 rings (SSSR count). The van der Waals surface area contributed by atoms with Crippen LogP contribution in [0.2, 0.25) is 0 Å². The van der Waals surface area contributed by atoms with Crippen LogP contribution < -0.4 is 11.1 Å². The molecule has 0 radical (unpaired) electrons. The zero-order valence-corrected chi connectivity index (χ0v) is 13.4. The van der Waals surface area contributed by atoms with Gasteiger partial charge in [0.1, 0.15) is 5.41 Å². The third kappa shape index (κ3) is 3.15. The maximum absolute atomic E-state index is 12.5. The second kappa shape index (κ2) is 5.83. The molecule has 0 aromatic carbocycles. The van der Waals surface area contributed by atoms with Crippen LogP contribution in [0.15, 0.2) is 5.16 Å². The van der Waals surface area contributed by atoms with Gasteiger partial charge in [0.05, 0.1) is 0 Å². The normalized spacial score (nSPS) is 33.3. The van der Waals surface area contributed by atoms with Gasteiger partial charge in [-0.2, -0.15) is 0 Å². The van der Waals surface area contributed by atoms with Crippen LogP contribution in [0, 0.1) is 16.7 Å². The predicted octanol–water partition coefficient (Wildman–Crippen LogP) is 0.997. The number of carbonyl (C=O) groups is 1. The van der Waals surface area contributed by atoms with Crippen LogP contribution in [0.3, 0.4) is 0 Å². The highest BCUT2D eigenvalue weighted by molar-refractivity contribution is 6.07. The first-order chi connectivity index (χ1) is 9.81. The highest BCUT2D eigenvalue weighted by Gasteiger charge is 2.52. The molecule has 2 aliphatic rings. The van der Waals surface area contributed by atoms with Crippen molar-refractivity contribution >= 4 is 11.7 Å². The van der Waals surface area contributed by atoms with E-state index in [1.54, 1.807) is 0 Å². The lowest BCUT2D eigenvalue weighted by Crippen LogP contribution is -2.58. The van der Waals surface area contributed by atoms with E-state index in [9.17, 15) is 4.79 Å². The summed E-state index contributed by atoms with van der Waals surface area (Å²) in [4.78, 5) is 14.9. The summed E-state index contributed by atoms with van der Waals surface area (Å²) >= 11 is 0. The van der Waals surface area contributed by atoms with E-state index in [0.717, 1.165) is 25.9 Å². The van der Waals surface area contributed by atoms with Crippen LogP contribution in [0.5, 0.6) is 0 Å². The van der Waals surface area contributed by atoms with Crippen molar-refractivity contribution in [3.05, 3.63) is 0 Å². The number of hydrogen-bond donors (Lipinski definition) is 3. The molecule has 1 aliphatic carbocycles. The highest BCUT2D eigenvalue weighted by Crippen LogP contribution is 2.46. The van der Waals surface area contributed by atoms with Crippen molar-refractivity contribution in [2.45, 2.75) is 39.5 Å². The number of carbonyl (C=O) groups excluding carboxylic acids is 1. The van der Waals surface area contributed by atoms with Crippen molar-refractivity contribution in [1.29, 1.82) is 0 Å². The van der Waals surface area contributed by atoms with Crippen LogP contribution in [0.25, 0.3) is 0 Å². The Bertz CT molecular complexity index is 421. The molecule has 0 spiro atoms. The van der Waals surface area contributed by atoms with E-state index in [2.05, 4.69) is 36.3 Å². The maximum Gasteiger partial charge on any atom is 0.233 e. The molecule has 120 valence electrons. The molecule has 1 saturated carbocycles. The standard InChI is InChI=1S/C15H28N4O2/c1-11-8-15(9-11,12(16)18-21)13(20)17-10-14(2)4-6-19(3)7-5-14/h11,21H,4-10H2,1-3H3,(H2,16,18)(H,17,20). The fourth-order valence-electron chi connectivity index (χ4n) is 3.53.